The van der Waals surface area contributed by atoms with Crippen LogP contribution in [0.2, 0.25) is 0 Å². The first-order valence-corrected chi connectivity index (χ1v) is 6.81. The molecule has 20 heavy (non-hydrogen) atoms. The van der Waals surface area contributed by atoms with Crippen molar-refractivity contribution in [2.24, 2.45) is 5.92 Å². The Balaban J connectivity index is 1.77. The monoisotopic (exact) mass is 282 g/mol. The van der Waals surface area contributed by atoms with Crippen LogP contribution in [0, 0.1) is 17.6 Å². The summed E-state index contributed by atoms with van der Waals surface area (Å²) in [6.07, 6.45) is 1.99. The molecule has 0 saturated carbocycles. The number of ether oxygens (including phenoxy) is 2. The Morgan fingerprint density at radius 1 is 1.25 bits per heavy atom. The number of carbonyl (C=O) groups excluding carboxylic acids is 1. The third-order valence-corrected chi connectivity index (χ3v) is 4.14. The van der Waals surface area contributed by atoms with Crippen molar-refractivity contribution in [1.29, 1.82) is 0 Å². The topological polar surface area (TPSA) is 35.5 Å². The Hall–Kier alpha value is -1.33. The molecule has 1 aromatic carbocycles. The minimum Gasteiger partial charge on any atom is -0.378 e. The van der Waals surface area contributed by atoms with Gasteiger partial charge in [-0.1, -0.05) is 0 Å². The molecule has 2 fully saturated rings. The third kappa shape index (κ3) is 2.47. The number of carbonyl (C=O) groups is 1. The normalized spacial score (nSPS) is 29.8. The number of rotatable bonds is 2. The Morgan fingerprint density at radius 2 is 2.10 bits per heavy atom. The maximum absolute atomic E-state index is 13.2. The molecular formula is C15H16F2O3. The summed E-state index contributed by atoms with van der Waals surface area (Å²) in [5.41, 5.74) is -0.137. The van der Waals surface area contributed by atoms with Gasteiger partial charge >= 0.3 is 0 Å². The molecule has 0 amide bonds. The van der Waals surface area contributed by atoms with E-state index in [1.54, 1.807) is 0 Å². The minimum absolute atomic E-state index is 0.140. The highest BCUT2D eigenvalue weighted by molar-refractivity contribution is 5.98. The van der Waals surface area contributed by atoms with Crippen LogP contribution >= 0.6 is 0 Å². The molecule has 2 atom stereocenters. The highest BCUT2D eigenvalue weighted by Gasteiger charge is 2.43. The molecule has 3 rings (SSSR count). The Kier molecular flexibility index (Phi) is 3.56. The summed E-state index contributed by atoms with van der Waals surface area (Å²) in [5.74, 6) is -2.27. The van der Waals surface area contributed by atoms with Crippen molar-refractivity contribution < 1.29 is 23.0 Å². The van der Waals surface area contributed by atoms with Gasteiger partial charge in [0, 0.05) is 31.1 Å². The smallest absolute Gasteiger partial charge is 0.166 e. The van der Waals surface area contributed by atoms with Crippen LogP contribution in [0.3, 0.4) is 0 Å². The molecule has 0 N–H and O–H groups in total. The second-order valence-corrected chi connectivity index (χ2v) is 5.52. The van der Waals surface area contributed by atoms with Crippen molar-refractivity contribution in [1.82, 2.24) is 0 Å². The number of ketones is 1. The average molecular weight is 282 g/mol. The van der Waals surface area contributed by atoms with Crippen LogP contribution in [-0.2, 0) is 9.47 Å². The van der Waals surface area contributed by atoms with Gasteiger partial charge in [0.2, 0.25) is 0 Å². The van der Waals surface area contributed by atoms with Crippen LogP contribution < -0.4 is 0 Å². The first-order chi connectivity index (χ1) is 9.60. The van der Waals surface area contributed by atoms with E-state index in [4.69, 9.17) is 9.47 Å². The second kappa shape index (κ2) is 5.22. The summed E-state index contributed by atoms with van der Waals surface area (Å²) in [7, 11) is 0. The van der Waals surface area contributed by atoms with Crippen molar-refractivity contribution in [3.8, 4) is 0 Å². The Morgan fingerprint density at radius 3 is 2.80 bits per heavy atom. The van der Waals surface area contributed by atoms with E-state index in [0.29, 0.717) is 32.7 Å². The largest absolute Gasteiger partial charge is 0.378 e. The molecule has 1 spiro atoms. The van der Waals surface area contributed by atoms with Gasteiger partial charge in [-0.25, -0.2) is 8.78 Å². The van der Waals surface area contributed by atoms with Crippen molar-refractivity contribution in [2.75, 3.05) is 19.8 Å². The van der Waals surface area contributed by atoms with Gasteiger partial charge in [0.05, 0.1) is 12.2 Å². The van der Waals surface area contributed by atoms with Crippen molar-refractivity contribution in [3.05, 3.63) is 35.4 Å². The van der Waals surface area contributed by atoms with E-state index < -0.39 is 11.6 Å². The summed E-state index contributed by atoms with van der Waals surface area (Å²) in [6.45, 7) is 1.66. The molecule has 108 valence electrons. The molecule has 0 aromatic heterocycles. The maximum atomic E-state index is 13.2. The molecule has 2 saturated heterocycles. The van der Waals surface area contributed by atoms with Gasteiger partial charge in [0.15, 0.2) is 17.4 Å². The zero-order valence-electron chi connectivity index (χ0n) is 11.0. The summed E-state index contributed by atoms with van der Waals surface area (Å²) in [4.78, 5) is 12.4. The molecule has 2 heterocycles. The molecule has 0 radical (unpaired) electrons. The Labute approximate surface area is 115 Å². The predicted octanol–water partition coefficient (Wildman–Crippen LogP) is 2.73. The fraction of sp³-hybridized carbons (Fsp3) is 0.533. The number of halogens is 2. The third-order valence-electron chi connectivity index (χ3n) is 4.14. The van der Waals surface area contributed by atoms with Crippen LogP contribution in [0.5, 0.6) is 0 Å². The van der Waals surface area contributed by atoms with Gasteiger partial charge in [-0.3, -0.25) is 4.79 Å². The fourth-order valence-electron chi connectivity index (χ4n) is 3.00. The zero-order chi connectivity index (χ0) is 14.2. The first kappa shape index (κ1) is 13.6. The number of Topliss-reactive ketones (excluding diaryl/α,β-unsaturated/α-hetero) is 1. The number of benzene rings is 1. The SMILES string of the molecule is O=C(c1ccc(F)c(F)c1)C1CCOC2(CCOC2)C1. The summed E-state index contributed by atoms with van der Waals surface area (Å²) in [6, 6.07) is 3.31. The van der Waals surface area contributed by atoms with E-state index in [0.717, 1.165) is 18.6 Å². The molecule has 0 bridgehead atoms. The molecule has 2 unspecified atom stereocenters. The van der Waals surface area contributed by atoms with E-state index in [1.807, 2.05) is 0 Å². The van der Waals surface area contributed by atoms with Gasteiger partial charge in [-0.05, 0) is 31.0 Å². The van der Waals surface area contributed by atoms with Gasteiger partial charge in [0.25, 0.3) is 0 Å². The molecule has 0 aliphatic carbocycles. The molecule has 1 aromatic rings. The summed E-state index contributed by atoms with van der Waals surface area (Å²) in [5, 5.41) is 0. The Bertz CT molecular complexity index is 524. The van der Waals surface area contributed by atoms with E-state index in [2.05, 4.69) is 0 Å². The van der Waals surface area contributed by atoms with Crippen molar-refractivity contribution >= 4 is 5.78 Å². The van der Waals surface area contributed by atoms with Gasteiger partial charge in [0.1, 0.15) is 0 Å². The molecule has 5 heteroatoms. The molecular weight excluding hydrogens is 266 g/mol. The quantitative estimate of drug-likeness (QED) is 0.782. The predicted molar refractivity (Wildman–Crippen MR) is 67.5 cm³/mol. The van der Waals surface area contributed by atoms with Crippen LogP contribution in [0.4, 0.5) is 8.78 Å². The lowest BCUT2D eigenvalue weighted by atomic mass is 9.81. The van der Waals surface area contributed by atoms with Crippen LogP contribution in [0.1, 0.15) is 29.6 Å². The van der Waals surface area contributed by atoms with E-state index in [-0.39, 0.29) is 22.9 Å². The first-order valence-electron chi connectivity index (χ1n) is 6.81. The average Bonchev–Trinajstić information content (AvgIpc) is 2.89. The zero-order valence-corrected chi connectivity index (χ0v) is 11.0. The second-order valence-electron chi connectivity index (χ2n) is 5.52. The highest BCUT2D eigenvalue weighted by atomic mass is 19.2. The highest BCUT2D eigenvalue weighted by Crippen LogP contribution is 2.37. The minimum atomic E-state index is -0.984. The van der Waals surface area contributed by atoms with Gasteiger partial charge in [-0.15, -0.1) is 0 Å². The van der Waals surface area contributed by atoms with Gasteiger partial charge in [-0.2, -0.15) is 0 Å². The van der Waals surface area contributed by atoms with E-state index >= 15 is 0 Å². The van der Waals surface area contributed by atoms with Crippen LogP contribution in [-0.4, -0.2) is 31.2 Å². The molecule has 2 aliphatic heterocycles. The van der Waals surface area contributed by atoms with Crippen molar-refractivity contribution in [2.45, 2.75) is 24.9 Å². The van der Waals surface area contributed by atoms with Crippen molar-refractivity contribution in [3.63, 3.8) is 0 Å². The van der Waals surface area contributed by atoms with Crippen LogP contribution in [0.25, 0.3) is 0 Å². The summed E-state index contributed by atoms with van der Waals surface area (Å²) < 4.78 is 37.3. The van der Waals surface area contributed by atoms with E-state index in [9.17, 15) is 13.6 Å². The van der Waals surface area contributed by atoms with E-state index in [1.165, 1.54) is 6.07 Å². The van der Waals surface area contributed by atoms with Gasteiger partial charge < -0.3 is 9.47 Å². The number of hydrogen-bond donors (Lipinski definition) is 0. The molecule has 3 nitrogen and oxygen atoms in total. The molecule has 2 aliphatic rings. The lowest BCUT2D eigenvalue weighted by Gasteiger charge is -2.36. The summed E-state index contributed by atoms with van der Waals surface area (Å²) >= 11 is 0. The fourth-order valence-corrected chi connectivity index (χ4v) is 3.00. The van der Waals surface area contributed by atoms with Crippen LogP contribution in [0.15, 0.2) is 18.2 Å². The lowest BCUT2D eigenvalue weighted by Crippen LogP contribution is -2.42. The maximum Gasteiger partial charge on any atom is 0.166 e. The standard InChI is InChI=1S/C15H16F2O3/c16-12-2-1-10(7-13(12)17)14(18)11-3-5-20-15(8-11)4-6-19-9-15/h1-2,7,11H,3-6,8-9H2. The lowest BCUT2D eigenvalue weighted by molar-refractivity contribution is -0.0920. The number of hydrogen-bond acceptors (Lipinski definition) is 3.